The molecule has 3 nitrogen and oxygen atoms in total. The lowest BCUT2D eigenvalue weighted by Crippen LogP contribution is -2.40. The highest BCUT2D eigenvalue weighted by Gasteiger charge is 2.36. The summed E-state index contributed by atoms with van der Waals surface area (Å²) in [6.45, 7) is 0.784. The Labute approximate surface area is 168 Å². The molecule has 1 saturated carbocycles. The Morgan fingerprint density at radius 2 is 1.86 bits per heavy atom. The predicted molar refractivity (Wildman–Crippen MR) is 113 cm³/mol. The fourth-order valence-electron chi connectivity index (χ4n) is 5.13. The summed E-state index contributed by atoms with van der Waals surface area (Å²) < 4.78 is 5.20. The summed E-state index contributed by atoms with van der Waals surface area (Å²) in [5, 5.41) is 9.54. The number of aryl methyl sites for hydroxylation is 1. The third-order valence-corrected chi connectivity index (χ3v) is 6.85. The van der Waals surface area contributed by atoms with Gasteiger partial charge in [-0.05, 0) is 84.6 Å². The summed E-state index contributed by atoms with van der Waals surface area (Å²) in [5.41, 5.74) is 13.1. The number of methoxy groups -OCH3 is 1. The average Bonchev–Trinajstić information content (AvgIpc) is 3.12. The van der Waals surface area contributed by atoms with Crippen LogP contribution in [0.2, 0.25) is 0 Å². The van der Waals surface area contributed by atoms with Crippen molar-refractivity contribution in [3.63, 3.8) is 0 Å². The number of benzene rings is 2. The molecule has 4 rings (SSSR count). The molecule has 0 saturated heterocycles. The lowest BCUT2D eigenvalue weighted by molar-refractivity contribution is 0.185. The minimum absolute atomic E-state index is 0.0998. The highest BCUT2D eigenvalue weighted by Crippen LogP contribution is 2.40. The summed E-state index contributed by atoms with van der Waals surface area (Å²) in [7, 11) is 1.74. The van der Waals surface area contributed by atoms with Gasteiger partial charge in [0.15, 0.2) is 0 Å². The summed E-state index contributed by atoms with van der Waals surface area (Å²) in [6, 6.07) is 16.0. The van der Waals surface area contributed by atoms with E-state index in [1.165, 1.54) is 47.1 Å². The van der Waals surface area contributed by atoms with Crippen LogP contribution in [-0.4, -0.2) is 24.4 Å². The normalized spacial score (nSPS) is 27.0. The van der Waals surface area contributed by atoms with Gasteiger partial charge in [0.2, 0.25) is 0 Å². The van der Waals surface area contributed by atoms with Crippen molar-refractivity contribution in [2.45, 2.75) is 63.0 Å². The van der Waals surface area contributed by atoms with E-state index in [2.05, 4.69) is 42.5 Å². The molecule has 2 aliphatic rings. The summed E-state index contributed by atoms with van der Waals surface area (Å²) in [4.78, 5) is 0. The largest absolute Gasteiger partial charge is 0.394 e. The van der Waals surface area contributed by atoms with Gasteiger partial charge in [-0.2, -0.15) is 0 Å². The van der Waals surface area contributed by atoms with Crippen molar-refractivity contribution in [2.24, 2.45) is 11.7 Å². The van der Waals surface area contributed by atoms with Crippen LogP contribution in [0, 0.1) is 5.92 Å². The fraction of sp³-hybridized carbons (Fsp3) is 0.520. The molecule has 3 atom stereocenters. The molecular formula is C25H33NO2. The standard InChI is InChI=1S/C25H33NO2/c1-28-16-19-4-2-18(3-5-19)12-20-6-7-22-14-23(9-8-21(22)13-20)24-10-11-25(26,15-24)17-27/h2-5,8-9,14,20,24,27H,6-7,10-13,15-17,26H2,1H3/t20-,24-,25+/m0/s1. The van der Waals surface area contributed by atoms with E-state index in [1.807, 2.05) is 0 Å². The first-order valence-corrected chi connectivity index (χ1v) is 10.7. The van der Waals surface area contributed by atoms with E-state index < -0.39 is 0 Å². The maximum absolute atomic E-state index is 9.54. The van der Waals surface area contributed by atoms with Crippen LogP contribution in [-0.2, 0) is 30.6 Å². The third-order valence-electron chi connectivity index (χ3n) is 6.85. The Balaban J connectivity index is 1.39. The van der Waals surface area contributed by atoms with E-state index in [-0.39, 0.29) is 12.1 Å². The van der Waals surface area contributed by atoms with Gasteiger partial charge in [0.1, 0.15) is 0 Å². The Bertz CT molecular complexity index is 801. The quantitative estimate of drug-likeness (QED) is 0.793. The fourth-order valence-corrected chi connectivity index (χ4v) is 5.13. The van der Waals surface area contributed by atoms with Crippen molar-refractivity contribution >= 4 is 0 Å². The van der Waals surface area contributed by atoms with Gasteiger partial charge in [0.25, 0.3) is 0 Å². The van der Waals surface area contributed by atoms with E-state index in [9.17, 15) is 5.11 Å². The molecule has 28 heavy (non-hydrogen) atoms. The summed E-state index contributed by atoms with van der Waals surface area (Å²) in [6.07, 6.45) is 7.70. The highest BCUT2D eigenvalue weighted by atomic mass is 16.5. The van der Waals surface area contributed by atoms with Gasteiger partial charge in [-0.3, -0.25) is 0 Å². The minimum atomic E-state index is -0.371. The van der Waals surface area contributed by atoms with Gasteiger partial charge in [0, 0.05) is 12.6 Å². The van der Waals surface area contributed by atoms with Crippen LogP contribution in [0.5, 0.6) is 0 Å². The second-order valence-corrected chi connectivity index (χ2v) is 9.05. The molecule has 0 aromatic heterocycles. The third kappa shape index (κ3) is 4.32. The van der Waals surface area contributed by atoms with E-state index >= 15 is 0 Å². The molecule has 0 radical (unpaired) electrons. The van der Waals surface area contributed by atoms with Crippen molar-refractivity contribution < 1.29 is 9.84 Å². The number of hydrogen-bond donors (Lipinski definition) is 2. The Hall–Kier alpha value is -1.68. The Morgan fingerprint density at radius 3 is 2.57 bits per heavy atom. The molecule has 0 aliphatic heterocycles. The van der Waals surface area contributed by atoms with Gasteiger partial charge in [0.05, 0.1) is 13.2 Å². The van der Waals surface area contributed by atoms with Gasteiger partial charge in [-0.15, -0.1) is 0 Å². The zero-order chi connectivity index (χ0) is 19.6. The molecule has 0 spiro atoms. The van der Waals surface area contributed by atoms with Crippen molar-refractivity contribution in [2.75, 3.05) is 13.7 Å². The van der Waals surface area contributed by atoms with Crippen LogP contribution in [0.15, 0.2) is 42.5 Å². The van der Waals surface area contributed by atoms with Crippen LogP contribution in [0.1, 0.15) is 59.4 Å². The zero-order valence-electron chi connectivity index (χ0n) is 17.0. The van der Waals surface area contributed by atoms with Gasteiger partial charge in [-0.25, -0.2) is 0 Å². The smallest absolute Gasteiger partial charge is 0.0713 e. The molecule has 0 heterocycles. The van der Waals surface area contributed by atoms with Crippen LogP contribution in [0.3, 0.4) is 0 Å². The van der Waals surface area contributed by atoms with Crippen LogP contribution in [0.4, 0.5) is 0 Å². The van der Waals surface area contributed by atoms with E-state index in [0.717, 1.165) is 31.6 Å². The van der Waals surface area contributed by atoms with Crippen molar-refractivity contribution in [3.8, 4) is 0 Å². The maximum Gasteiger partial charge on any atom is 0.0713 e. The average molecular weight is 380 g/mol. The van der Waals surface area contributed by atoms with E-state index in [0.29, 0.717) is 12.5 Å². The molecule has 2 aliphatic carbocycles. The van der Waals surface area contributed by atoms with Crippen LogP contribution < -0.4 is 5.73 Å². The Kier molecular flexibility index (Phi) is 5.86. The molecule has 0 amide bonds. The molecule has 150 valence electrons. The van der Waals surface area contributed by atoms with E-state index in [1.54, 1.807) is 7.11 Å². The number of ether oxygens (including phenoxy) is 1. The molecular weight excluding hydrogens is 346 g/mol. The first kappa shape index (κ1) is 19.6. The SMILES string of the molecule is COCc1ccc(C[C@@H]2CCc3cc([C@H]4CC[C@](N)(CO)C4)ccc3C2)cc1. The molecule has 0 unspecified atom stereocenters. The first-order valence-electron chi connectivity index (χ1n) is 10.7. The van der Waals surface area contributed by atoms with Gasteiger partial charge in [-0.1, -0.05) is 42.5 Å². The number of nitrogens with two attached hydrogens (primary N) is 1. The van der Waals surface area contributed by atoms with Crippen molar-refractivity contribution in [3.05, 3.63) is 70.3 Å². The zero-order valence-corrected chi connectivity index (χ0v) is 17.0. The number of rotatable bonds is 6. The lowest BCUT2D eigenvalue weighted by Gasteiger charge is -2.26. The molecule has 2 aromatic rings. The number of aliphatic hydroxyl groups excluding tert-OH is 1. The van der Waals surface area contributed by atoms with Gasteiger partial charge >= 0.3 is 0 Å². The topological polar surface area (TPSA) is 55.5 Å². The molecule has 1 fully saturated rings. The Morgan fingerprint density at radius 1 is 1.07 bits per heavy atom. The van der Waals surface area contributed by atoms with E-state index in [4.69, 9.17) is 10.5 Å². The van der Waals surface area contributed by atoms with Crippen LogP contribution >= 0.6 is 0 Å². The van der Waals surface area contributed by atoms with Crippen molar-refractivity contribution in [1.82, 2.24) is 0 Å². The number of hydrogen-bond acceptors (Lipinski definition) is 3. The predicted octanol–water partition coefficient (Wildman–Crippen LogP) is 4.14. The second kappa shape index (κ2) is 8.36. The second-order valence-electron chi connectivity index (χ2n) is 9.05. The summed E-state index contributed by atoms with van der Waals surface area (Å²) >= 11 is 0. The monoisotopic (exact) mass is 379 g/mol. The molecule has 3 N–H and O–H groups in total. The lowest BCUT2D eigenvalue weighted by atomic mass is 9.79. The molecule has 2 aromatic carbocycles. The maximum atomic E-state index is 9.54. The van der Waals surface area contributed by atoms with Gasteiger partial charge < -0.3 is 15.6 Å². The summed E-state index contributed by atoms with van der Waals surface area (Å²) in [5.74, 6) is 1.23. The minimum Gasteiger partial charge on any atom is -0.394 e. The first-order chi connectivity index (χ1) is 13.6. The highest BCUT2D eigenvalue weighted by molar-refractivity contribution is 5.37. The molecule has 0 bridgehead atoms. The van der Waals surface area contributed by atoms with Crippen LogP contribution in [0.25, 0.3) is 0 Å². The number of fused-ring (bicyclic) bond motifs is 1. The number of aliphatic hydroxyl groups is 1. The molecule has 3 heteroatoms. The van der Waals surface area contributed by atoms with Crippen molar-refractivity contribution in [1.29, 1.82) is 0 Å².